The van der Waals surface area contributed by atoms with Crippen LogP contribution in [0.3, 0.4) is 0 Å². The molecule has 3 heterocycles. The molecule has 0 saturated carbocycles. The first-order valence-corrected chi connectivity index (χ1v) is 10.7. The van der Waals surface area contributed by atoms with Crippen molar-refractivity contribution in [1.29, 1.82) is 0 Å². The molecule has 2 aromatic heterocycles. The average Bonchev–Trinajstić information content (AvgIpc) is 2.85. The Kier molecular flexibility index (Phi) is 5.34. The number of ether oxygens (including phenoxy) is 1. The van der Waals surface area contributed by atoms with E-state index < -0.39 is 5.54 Å². The van der Waals surface area contributed by atoms with Crippen LogP contribution in [-0.2, 0) is 5.54 Å². The van der Waals surface area contributed by atoms with Crippen LogP contribution >= 0.6 is 0 Å². The normalized spacial score (nSPS) is 17.0. The van der Waals surface area contributed by atoms with E-state index in [1.807, 2.05) is 55.6 Å². The van der Waals surface area contributed by atoms with E-state index in [1.165, 1.54) is 24.3 Å². The van der Waals surface area contributed by atoms with E-state index in [1.54, 1.807) is 12.4 Å². The largest absolute Gasteiger partial charge is 0.491 e. The van der Waals surface area contributed by atoms with E-state index in [9.17, 15) is 9.18 Å². The molecular formula is C27H22FN3O2. The van der Waals surface area contributed by atoms with E-state index in [2.05, 4.69) is 15.3 Å². The Morgan fingerprint density at radius 1 is 1.03 bits per heavy atom. The number of benzene rings is 2. The van der Waals surface area contributed by atoms with Crippen LogP contribution in [0.5, 0.6) is 5.75 Å². The summed E-state index contributed by atoms with van der Waals surface area (Å²) in [6.07, 6.45) is 5.83. The van der Waals surface area contributed by atoms with Gasteiger partial charge in [-0.2, -0.15) is 0 Å². The first-order chi connectivity index (χ1) is 16.1. The maximum atomic E-state index is 13.4. The molecule has 6 heteroatoms. The smallest absolute Gasteiger partial charge is 0.252 e. The number of halogens is 1. The lowest BCUT2D eigenvalue weighted by atomic mass is 9.80. The van der Waals surface area contributed by atoms with E-state index >= 15 is 0 Å². The summed E-state index contributed by atoms with van der Waals surface area (Å²) in [5, 5.41) is 3.20. The number of pyridine rings is 2. The number of nitrogens with one attached hydrogen (secondary N) is 1. The molecule has 0 fully saturated rings. The number of carbonyl (C=O) groups is 1. The highest BCUT2D eigenvalue weighted by molar-refractivity contribution is 5.95. The molecular weight excluding hydrogens is 417 g/mol. The fourth-order valence-electron chi connectivity index (χ4n) is 4.30. The van der Waals surface area contributed by atoms with Crippen molar-refractivity contribution in [1.82, 2.24) is 15.3 Å². The standard InChI is InChI=1S/C27H22FN3O2/c1-18-12-15-29-17-23(18)19-4-8-21(9-5-19)27(13-16-33-24-3-2-14-30-25(24)27)31-26(32)20-6-10-22(28)11-7-20/h2-12,14-15,17H,13,16H2,1H3,(H,31,32)/t27-/m0/s1. The second-order valence-corrected chi connectivity index (χ2v) is 8.08. The minimum atomic E-state index is -0.886. The van der Waals surface area contributed by atoms with E-state index in [0.717, 1.165) is 22.3 Å². The second-order valence-electron chi connectivity index (χ2n) is 8.08. The lowest BCUT2D eigenvalue weighted by Gasteiger charge is -2.39. The summed E-state index contributed by atoms with van der Waals surface area (Å²) in [6, 6.07) is 19.2. The fraction of sp³-hybridized carbons (Fsp3) is 0.148. The number of fused-ring (bicyclic) bond motifs is 1. The molecule has 0 unspecified atom stereocenters. The van der Waals surface area contributed by atoms with Gasteiger partial charge in [0, 0.05) is 36.1 Å². The predicted octanol–water partition coefficient (Wildman–Crippen LogP) is 5.05. The van der Waals surface area contributed by atoms with Crippen LogP contribution < -0.4 is 10.1 Å². The summed E-state index contributed by atoms with van der Waals surface area (Å²) in [7, 11) is 0. The number of hydrogen-bond donors (Lipinski definition) is 1. The van der Waals surface area contributed by atoms with Gasteiger partial charge in [0.15, 0.2) is 0 Å². The molecule has 1 aliphatic heterocycles. The van der Waals surface area contributed by atoms with Crippen molar-refractivity contribution in [3.8, 4) is 16.9 Å². The van der Waals surface area contributed by atoms with Gasteiger partial charge < -0.3 is 10.1 Å². The summed E-state index contributed by atoms with van der Waals surface area (Å²) in [5.74, 6) is -0.0587. The molecule has 1 aliphatic rings. The van der Waals surface area contributed by atoms with E-state index in [0.29, 0.717) is 30.0 Å². The maximum Gasteiger partial charge on any atom is 0.252 e. The van der Waals surface area contributed by atoms with E-state index in [4.69, 9.17) is 4.74 Å². The molecule has 5 rings (SSSR count). The molecule has 0 spiro atoms. The van der Waals surface area contributed by atoms with Gasteiger partial charge in [-0.05, 0) is 66.1 Å². The first kappa shape index (κ1) is 20.8. The molecule has 164 valence electrons. The Hall–Kier alpha value is -4.06. The highest BCUT2D eigenvalue weighted by atomic mass is 19.1. The van der Waals surface area contributed by atoms with Gasteiger partial charge in [-0.3, -0.25) is 14.8 Å². The Balaban J connectivity index is 1.59. The number of nitrogens with zero attached hydrogens (tertiary/aromatic N) is 2. The average molecular weight is 439 g/mol. The molecule has 0 bridgehead atoms. The molecule has 0 saturated heterocycles. The third-order valence-corrected chi connectivity index (χ3v) is 6.07. The van der Waals surface area contributed by atoms with Crippen molar-refractivity contribution in [3.63, 3.8) is 0 Å². The summed E-state index contributed by atoms with van der Waals surface area (Å²) in [4.78, 5) is 22.1. The lowest BCUT2D eigenvalue weighted by Crippen LogP contribution is -2.50. The molecule has 33 heavy (non-hydrogen) atoms. The minimum absolute atomic E-state index is 0.305. The van der Waals surface area contributed by atoms with Gasteiger partial charge in [0.2, 0.25) is 0 Å². The minimum Gasteiger partial charge on any atom is -0.491 e. The molecule has 0 aliphatic carbocycles. The third kappa shape index (κ3) is 3.84. The van der Waals surface area contributed by atoms with Gasteiger partial charge in [-0.25, -0.2) is 4.39 Å². The van der Waals surface area contributed by atoms with Gasteiger partial charge >= 0.3 is 0 Å². The zero-order chi connectivity index (χ0) is 22.8. The summed E-state index contributed by atoms with van der Waals surface area (Å²) in [5.41, 5.74) is 4.26. The van der Waals surface area contributed by atoms with Crippen molar-refractivity contribution in [3.05, 3.63) is 114 Å². The van der Waals surface area contributed by atoms with Crippen LogP contribution in [-0.4, -0.2) is 22.5 Å². The first-order valence-electron chi connectivity index (χ1n) is 10.7. The molecule has 5 nitrogen and oxygen atoms in total. The van der Waals surface area contributed by atoms with Crippen LogP contribution in [0.4, 0.5) is 4.39 Å². The quantitative estimate of drug-likeness (QED) is 0.484. The van der Waals surface area contributed by atoms with E-state index in [-0.39, 0.29) is 11.7 Å². The molecule has 1 atom stereocenters. The molecule has 1 N–H and O–H groups in total. The number of aryl methyl sites for hydroxylation is 1. The molecule has 0 radical (unpaired) electrons. The molecule has 4 aromatic rings. The highest BCUT2D eigenvalue weighted by Gasteiger charge is 2.42. The van der Waals surface area contributed by atoms with Crippen LogP contribution in [0.15, 0.2) is 85.3 Å². The van der Waals surface area contributed by atoms with Crippen LogP contribution in [0, 0.1) is 12.7 Å². The Labute approximate surface area is 191 Å². The number of amides is 1. The second kappa shape index (κ2) is 8.47. The maximum absolute atomic E-state index is 13.4. The van der Waals surface area contributed by atoms with Gasteiger partial charge in [-0.15, -0.1) is 0 Å². The lowest BCUT2D eigenvalue weighted by molar-refractivity contribution is 0.0883. The number of carbonyl (C=O) groups excluding carboxylic acids is 1. The zero-order valence-electron chi connectivity index (χ0n) is 18.1. The van der Waals surface area contributed by atoms with Crippen LogP contribution in [0.2, 0.25) is 0 Å². The highest BCUT2D eigenvalue weighted by Crippen LogP contribution is 2.41. The van der Waals surface area contributed by atoms with Crippen molar-refractivity contribution in [2.45, 2.75) is 18.9 Å². The van der Waals surface area contributed by atoms with Gasteiger partial charge in [-0.1, -0.05) is 24.3 Å². The van der Waals surface area contributed by atoms with Gasteiger partial charge in [0.1, 0.15) is 22.8 Å². The SMILES string of the molecule is Cc1ccncc1-c1ccc([C@@]2(NC(=O)c3ccc(F)cc3)CCOc3cccnc32)cc1. The third-order valence-electron chi connectivity index (χ3n) is 6.07. The number of aromatic nitrogens is 2. The van der Waals surface area contributed by atoms with Crippen molar-refractivity contribution >= 4 is 5.91 Å². The molecule has 2 aromatic carbocycles. The summed E-state index contributed by atoms with van der Waals surface area (Å²) >= 11 is 0. The summed E-state index contributed by atoms with van der Waals surface area (Å²) in [6.45, 7) is 2.47. The van der Waals surface area contributed by atoms with Crippen LogP contribution in [0.25, 0.3) is 11.1 Å². The Morgan fingerprint density at radius 3 is 2.58 bits per heavy atom. The summed E-state index contributed by atoms with van der Waals surface area (Å²) < 4.78 is 19.2. The monoisotopic (exact) mass is 439 g/mol. The van der Waals surface area contributed by atoms with Gasteiger partial charge in [0.05, 0.1) is 6.61 Å². The van der Waals surface area contributed by atoms with Crippen LogP contribution in [0.1, 0.15) is 33.6 Å². The zero-order valence-corrected chi connectivity index (χ0v) is 18.1. The van der Waals surface area contributed by atoms with Crippen molar-refractivity contribution in [2.75, 3.05) is 6.61 Å². The Morgan fingerprint density at radius 2 is 1.82 bits per heavy atom. The predicted molar refractivity (Wildman–Crippen MR) is 123 cm³/mol. The fourth-order valence-corrected chi connectivity index (χ4v) is 4.30. The topological polar surface area (TPSA) is 64.1 Å². The number of rotatable bonds is 4. The van der Waals surface area contributed by atoms with Gasteiger partial charge in [0.25, 0.3) is 5.91 Å². The Bertz CT molecular complexity index is 1310. The number of hydrogen-bond acceptors (Lipinski definition) is 4. The van der Waals surface area contributed by atoms with Crippen molar-refractivity contribution < 1.29 is 13.9 Å². The van der Waals surface area contributed by atoms with Crippen molar-refractivity contribution in [2.24, 2.45) is 0 Å². The molecule has 1 amide bonds.